The number of hydrogen-bond acceptors (Lipinski definition) is 4. The number of hydrogen-bond donors (Lipinski definition) is 0. The van der Waals surface area contributed by atoms with E-state index in [1.807, 2.05) is 91.9 Å². The van der Waals surface area contributed by atoms with E-state index in [1.165, 1.54) is 11.8 Å². The lowest BCUT2D eigenvalue weighted by Crippen LogP contribution is -2.28. The van der Waals surface area contributed by atoms with Gasteiger partial charge in [0.1, 0.15) is 5.75 Å². The second kappa shape index (κ2) is 10.7. The third-order valence-corrected chi connectivity index (χ3v) is 6.53. The van der Waals surface area contributed by atoms with Crippen LogP contribution in [0.3, 0.4) is 0 Å². The number of benzene rings is 3. The number of carbonyl (C=O) groups excluding carboxylic acids is 1. The van der Waals surface area contributed by atoms with Gasteiger partial charge in [0.2, 0.25) is 0 Å². The first-order chi connectivity index (χ1) is 15.6. The van der Waals surface area contributed by atoms with Gasteiger partial charge in [-0.25, -0.2) is 0 Å². The van der Waals surface area contributed by atoms with Gasteiger partial charge in [-0.15, -0.1) is 0 Å². The van der Waals surface area contributed by atoms with Gasteiger partial charge in [0.25, 0.3) is 5.91 Å². The first kappa shape index (κ1) is 22.4. The molecule has 0 saturated carbocycles. The van der Waals surface area contributed by atoms with Crippen molar-refractivity contribution >= 4 is 44.8 Å². The summed E-state index contributed by atoms with van der Waals surface area (Å²) in [5, 5.41) is 0.721. The van der Waals surface area contributed by atoms with Gasteiger partial charge >= 0.3 is 0 Å². The van der Waals surface area contributed by atoms with Crippen LogP contribution in [0.5, 0.6) is 5.75 Å². The molecular formula is C26H23BrN2O2S. The topological polar surface area (TPSA) is 41.9 Å². The van der Waals surface area contributed by atoms with Crippen LogP contribution in [0, 0.1) is 0 Å². The highest BCUT2D eigenvalue weighted by Gasteiger charge is 2.33. The van der Waals surface area contributed by atoms with Crippen LogP contribution in [0.15, 0.2) is 93.2 Å². The summed E-state index contributed by atoms with van der Waals surface area (Å²) in [6.45, 7) is 3.57. The molecule has 0 bridgehead atoms. The van der Waals surface area contributed by atoms with E-state index in [4.69, 9.17) is 9.73 Å². The first-order valence-corrected chi connectivity index (χ1v) is 12.0. The van der Waals surface area contributed by atoms with E-state index in [9.17, 15) is 4.79 Å². The van der Waals surface area contributed by atoms with Crippen LogP contribution in [0.2, 0.25) is 0 Å². The molecular weight excluding hydrogens is 484 g/mol. The molecule has 3 aromatic rings. The molecule has 1 aliphatic heterocycles. The van der Waals surface area contributed by atoms with E-state index in [1.54, 1.807) is 4.90 Å². The monoisotopic (exact) mass is 506 g/mol. The molecule has 162 valence electrons. The minimum atomic E-state index is -0.0318. The standard InChI is InChI=1S/C26H23BrN2O2S/c1-2-31-23-14-13-21(15-22(23)27)16-24-25(30)29(18-20-11-7-4-8-12-20)26(32-24)28-17-19-9-5-3-6-10-19/h3-16H,2,17-18H2,1H3/b24-16+,28-26?. The molecule has 0 spiro atoms. The minimum Gasteiger partial charge on any atom is -0.493 e. The number of nitrogens with zero attached hydrogens (tertiary/aromatic N) is 2. The SMILES string of the molecule is CCOc1ccc(/C=C2/SC(=NCc3ccccc3)N(Cc3ccccc3)C2=O)cc1Br. The third-order valence-electron chi connectivity index (χ3n) is 4.86. The summed E-state index contributed by atoms with van der Waals surface area (Å²) in [4.78, 5) is 20.5. The molecule has 0 N–H and O–H groups in total. The van der Waals surface area contributed by atoms with Crippen LogP contribution in [0.25, 0.3) is 6.08 Å². The highest BCUT2D eigenvalue weighted by atomic mass is 79.9. The van der Waals surface area contributed by atoms with Gasteiger partial charge in [0.05, 0.1) is 29.1 Å². The zero-order valence-corrected chi connectivity index (χ0v) is 20.1. The Hall–Kier alpha value is -2.83. The average Bonchev–Trinajstić information content (AvgIpc) is 3.10. The molecule has 1 fully saturated rings. The molecule has 6 heteroatoms. The maximum atomic E-state index is 13.3. The fourth-order valence-corrected chi connectivity index (χ4v) is 4.79. The zero-order chi connectivity index (χ0) is 22.3. The van der Waals surface area contributed by atoms with Gasteiger partial charge in [-0.05, 0) is 69.5 Å². The Labute approximate surface area is 201 Å². The van der Waals surface area contributed by atoms with E-state index < -0.39 is 0 Å². The van der Waals surface area contributed by atoms with E-state index in [-0.39, 0.29) is 5.91 Å². The molecule has 0 aliphatic carbocycles. The number of halogens is 1. The summed E-state index contributed by atoms with van der Waals surface area (Å²) in [6.07, 6.45) is 1.91. The van der Waals surface area contributed by atoms with E-state index >= 15 is 0 Å². The largest absolute Gasteiger partial charge is 0.493 e. The summed E-state index contributed by atoms with van der Waals surface area (Å²) in [6, 6.07) is 25.9. The number of carbonyl (C=O) groups is 1. The van der Waals surface area contributed by atoms with Crippen molar-refractivity contribution in [3.63, 3.8) is 0 Å². The Morgan fingerprint density at radius 1 is 1.00 bits per heavy atom. The van der Waals surface area contributed by atoms with Crippen LogP contribution in [-0.2, 0) is 17.9 Å². The first-order valence-electron chi connectivity index (χ1n) is 10.4. The number of ether oxygens (including phenoxy) is 1. The Morgan fingerprint density at radius 3 is 2.34 bits per heavy atom. The average molecular weight is 507 g/mol. The molecule has 1 amide bonds. The van der Waals surface area contributed by atoms with Crippen molar-refractivity contribution < 1.29 is 9.53 Å². The number of aliphatic imine (C=N–C) groups is 1. The van der Waals surface area contributed by atoms with Gasteiger partial charge < -0.3 is 4.74 Å². The van der Waals surface area contributed by atoms with Crippen LogP contribution in [0.4, 0.5) is 0 Å². The number of amidine groups is 1. The van der Waals surface area contributed by atoms with Crippen LogP contribution in [0.1, 0.15) is 23.6 Å². The molecule has 32 heavy (non-hydrogen) atoms. The lowest BCUT2D eigenvalue weighted by atomic mass is 10.2. The molecule has 1 saturated heterocycles. The summed E-state index contributed by atoms with van der Waals surface area (Å²) in [7, 11) is 0. The molecule has 4 nitrogen and oxygen atoms in total. The predicted molar refractivity (Wildman–Crippen MR) is 135 cm³/mol. The lowest BCUT2D eigenvalue weighted by Gasteiger charge is -2.15. The fraction of sp³-hybridized carbons (Fsp3) is 0.154. The van der Waals surface area contributed by atoms with Crippen molar-refractivity contribution in [2.24, 2.45) is 4.99 Å². The molecule has 1 heterocycles. The fourth-order valence-electron chi connectivity index (χ4n) is 3.30. The zero-order valence-electron chi connectivity index (χ0n) is 17.7. The van der Waals surface area contributed by atoms with Crippen LogP contribution in [-0.4, -0.2) is 22.6 Å². The highest BCUT2D eigenvalue weighted by Crippen LogP contribution is 2.35. The van der Waals surface area contributed by atoms with Gasteiger partial charge in [0, 0.05) is 0 Å². The Bertz CT molecular complexity index is 1150. The molecule has 0 unspecified atom stereocenters. The Morgan fingerprint density at radius 2 is 1.69 bits per heavy atom. The van der Waals surface area contributed by atoms with Crippen molar-refractivity contribution in [1.82, 2.24) is 4.90 Å². The van der Waals surface area contributed by atoms with E-state index in [0.29, 0.717) is 24.6 Å². The second-order valence-corrected chi connectivity index (χ2v) is 9.06. The van der Waals surface area contributed by atoms with Gasteiger partial charge in [-0.1, -0.05) is 66.7 Å². The maximum Gasteiger partial charge on any atom is 0.267 e. The summed E-state index contributed by atoms with van der Waals surface area (Å²) < 4.78 is 6.45. The lowest BCUT2D eigenvalue weighted by molar-refractivity contribution is -0.122. The molecule has 4 rings (SSSR count). The summed E-state index contributed by atoms with van der Waals surface area (Å²) in [5.74, 6) is 0.756. The summed E-state index contributed by atoms with van der Waals surface area (Å²) in [5.41, 5.74) is 3.11. The minimum absolute atomic E-state index is 0.0318. The third kappa shape index (κ3) is 5.50. The van der Waals surface area contributed by atoms with Crippen molar-refractivity contribution in [3.05, 3.63) is 105 Å². The predicted octanol–water partition coefficient (Wildman–Crippen LogP) is 6.52. The van der Waals surface area contributed by atoms with E-state index in [0.717, 1.165) is 32.1 Å². The van der Waals surface area contributed by atoms with Crippen LogP contribution >= 0.6 is 27.7 Å². The molecule has 0 aromatic heterocycles. The second-order valence-electron chi connectivity index (χ2n) is 7.19. The maximum absolute atomic E-state index is 13.3. The van der Waals surface area contributed by atoms with Crippen molar-refractivity contribution in [2.75, 3.05) is 6.61 Å². The normalized spacial score (nSPS) is 16.2. The molecule has 0 atom stereocenters. The molecule has 0 radical (unpaired) electrons. The number of rotatable bonds is 7. The van der Waals surface area contributed by atoms with Crippen LogP contribution < -0.4 is 4.74 Å². The van der Waals surface area contributed by atoms with Crippen molar-refractivity contribution in [1.29, 1.82) is 0 Å². The Balaban J connectivity index is 1.62. The number of thioether (sulfide) groups is 1. The van der Waals surface area contributed by atoms with Crippen molar-refractivity contribution in [2.45, 2.75) is 20.0 Å². The van der Waals surface area contributed by atoms with Crippen molar-refractivity contribution in [3.8, 4) is 5.75 Å². The Kier molecular flexibility index (Phi) is 7.45. The smallest absolute Gasteiger partial charge is 0.267 e. The number of amides is 1. The highest BCUT2D eigenvalue weighted by molar-refractivity contribution is 9.10. The van der Waals surface area contributed by atoms with Gasteiger partial charge in [-0.2, -0.15) is 0 Å². The van der Waals surface area contributed by atoms with Gasteiger partial charge in [-0.3, -0.25) is 14.7 Å². The molecule has 1 aliphatic rings. The molecule has 3 aromatic carbocycles. The van der Waals surface area contributed by atoms with E-state index in [2.05, 4.69) is 15.9 Å². The summed E-state index contributed by atoms with van der Waals surface area (Å²) >= 11 is 4.97. The van der Waals surface area contributed by atoms with Gasteiger partial charge in [0.15, 0.2) is 5.17 Å². The quantitative estimate of drug-likeness (QED) is 0.342.